The standard InChI is InChI=1S/C19H24N6O/c1-23(8-7-14-10-22-24(2)12-14)19(26)15-9-17-18(20-11-15)25(13-21-17)16-5-3-4-6-16/h9-13,16H,3-8H2,1-2H3. The monoisotopic (exact) mass is 352 g/mol. The summed E-state index contributed by atoms with van der Waals surface area (Å²) in [6.45, 7) is 0.638. The fraction of sp³-hybridized carbons (Fsp3) is 0.474. The highest BCUT2D eigenvalue weighted by Crippen LogP contribution is 2.31. The molecule has 26 heavy (non-hydrogen) atoms. The third-order valence-electron chi connectivity index (χ3n) is 5.22. The van der Waals surface area contributed by atoms with E-state index in [9.17, 15) is 4.79 Å². The lowest BCUT2D eigenvalue weighted by Gasteiger charge is -2.16. The van der Waals surface area contributed by atoms with Gasteiger partial charge in [-0.05, 0) is 30.9 Å². The van der Waals surface area contributed by atoms with Gasteiger partial charge in [0, 0.05) is 39.1 Å². The number of fused-ring (bicyclic) bond motifs is 1. The van der Waals surface area contributed by atoms with E-state index in [0.29, 0.717) is 18.2 Å². The second-order valence-electron chi connectivity index (χ2n) is 7.16. The fourth-order valence-corrected chi connectivity index (χ4v) is 3.71. The van der Waals surface area contributed by atoms with Crippen molar-refractivity contribution in [3.05, 3.63) is 42.1 Å². The van der Waals surface area contributed by atoms with Crippen molar-refractivity contribution in [2.24, 2.45) is 7.05 Å². The molecule has 0 bridgehead atoms. The van der Waals surface area contributed by atoms with Gasteiger partial charge in [-0.3, -0.25) is 9.48 Å². The van der Waals surface area contributed by atoms with Gasteiger partial charge in [0.2, 0.25) is 0 Å². The summed E-state index contributed by atoms with van der Waals surface area (Å²) in [7, 11) is 3.71. The van der Waals surface area contributed by atoms with Crippen LogP contribution in [0.3, 0.4) is 0 Å². The normalized spacial score (nSPS) is 15.0. The van der Waals surface area contributed by atoms with E-state index in [1.54, 1.807) is 15.8 Å². The summed E-state index contributed by atoms with van der Waals surface area (Å²) < 4.78 is 3.94. The molecular formula is C19H24N6O. The second-order valence-corrected chi connectivity index (χ2v) is 7.16. The first-order chi connectivity index (χ1) is 12.6. The molecule has 0 aliphatic heterocycles. The van der Waals surface area contributed by atoms with E-state index >= 15 is 0 Å². The number of carbonyl (C=O) groups is 1. The molecule has 0 saturated heterocycles. The van der Waals surface area contributed by atoms with Crippen molar-refractivity contribution in [2.45, 2.75) is 38.1 Å². The van der Waals surface area contributed by atoms with E-state index in [2.05, 4.69) is 19.6 Å². The van der Waals surface area contributed by atoms with Gasteiger partial charge in [0.25, 0.3) is 5.91 Å². The first-order valence-corrected chi connectivity index (χ1v) is 9.17. The van der Waals surface area contributed by atoms with Crippen molar-refractivity contribution in [1.82, 2.24) is 29.2 Å². The molecule has 1 amide bonds. The summed E-state index contributed by atoms with van der Waals surface area (Å²) in [6, 6.07) is 2.35. The number of hydrogen-bond acceptors (Lipinski definition) is 4. The van der Waals surface area contributed by atoms with Crippen molar-refractivity contribution >= 4 is 17.1 Å². The van der Waals surface area contributed by atoms with Crippen LogP contribution in [-0.2, 0) is 13.5 Å². The van der Waals surface area contributed by atoms with Gasteiger partial charge in [-0.2, -0.15) is 5.10 Å². The summed E-state index contributed by atoms with van der Waals surface area (Å²) in [6.07, 6.45) is 13.0. The number of imidazole rings is 1. The zero-order valence-corrected chi connectivity index (χ0v) is 15.3. The van der Waals surface area contributed by atoms with Crippen LogP contribution in [0.15, 0.2) is 31.0 Å². The zero-order valence-electron chi connectivity index (χ0n) is 15.3. The third kappa shape index (κ3) is 3.21. The summed E-state index contributed by atoms with van der Waals surface area (Å²) in [5, 5.41) is 4.16. The second kappa shape index (κ2) is 6.90. The number of aryl methyl sites for hydroxylation is 1. The highest BCUT2D eigenvalue weighted by molar-refractivity contribution is 5.96. The molecule has 0 N–H and O–H groups in total. The Bertz CT molecular complexity index is 921. The summed E-state index contributed by atoms with van der Waals surface area (Å²) in [5.74, 6) is -0.0290. The maximum atomic E-state index is 12.7. The van der Waals surface area contributed by atoms with E-state index < -0.39 is 0 Å². The van der Waals surface area contributed by atoms with Crippen LogP contribution in [-0.4, -0.2) is 48.7 Å². The topological polar surface area (TPSA) is 68.8 Å². The molecule has 7 nitrogen and oxygen atoms in total. The number of hydrogen-bond donors (Lipinski definition) is 0. The molecule has 136 valence electrons. The first-order valence-electron chi connectivity index (χ1n) is 9.17. The largest absolute Gasteiger partial charge is 0.341 e. The third-order valence-corrected chi connectivity index (χ3v) is 5.22. The summed E-state index contributed by atoms with van der Waals surface area (Å²) in [5.41, 5.74) is 3.38. The van der Waals surface area contributed by atoms with Gasteiger partial charge in [-0.15, -0.1) is 0 Å². The molecule has 4 rings (SSSR count). The molecule has 1 aliphatic rings. The molecule has 0 radical (unpaired) electrons. The van der Waals surface area contributed by atoms with Crippen LogP contribution in [0.4, 0.5) is 0 Å². The Labute approximate surface area is 152 Å². The average molecular weight is 352 g/mol. The number of likely N-dealkylation sites (N-methyl/N-ethyl adjacent to an activating group) is 1. The number of carbonyl (C=O) groups excluding carboxylic acids is 1. The molecule has 0 spiro atoms. The van der Waals surface area contributed by atoms with Crippen LogP contribution in [0.2, 0.25) is 0 Å². The quantitative estimate of drug-likeness (QED) is 0.708. The Morgan fingerprint density at radius 2 is 2.08 bits per heavy atom. The lowest BCUT2D eigenvalue weighted by atomic mass is 10.2. The highest BCUT2D eigenvalue weighted by atomic mass is 16.2. The van der Waals surface area contributed by atoms with Crippen molar-refractivity contribution < 1.29 is 4.79 Å². The molecule has 7 heteroatoms. The number of aromatic nitrogens is 5. The smallest absolute Gasteiger partial charge is 0.255 e. The summed E-state index contributed by atoms with van der Waals surface area (Å²) >= 11 is 0. The van der Waals surface area contributed by atoms with Gasteiger partial charge in [0.15, 0.2) is 5.65 Å². The van der Waals surface area contributed by atoms with Gasteiger partial charge in [0.05, 0.1) is 18.1 Å². The van der Waals surface area contributed by atoms with Gasteiger partial charge >= 0.3 is 0 Å². The molecule has 0 aromatic carbocycles. The van der Waals surface area contributed by atoms with Crippen molar-refractivity contribution in [2.75, 3.05) is 13.6 Å². The average Bonchev–Trinajstić information content (AvgIpc) is 3.38. The van der Waals surface area contributed by atoms with E-state index in [1.807, 2.05) is 38.9 Å². The Balaban J connectivity index is 1.47. The Hall–Kier alpha value is -2.70. The Morgan fingerprint density at radius 1 is 1.27 bits per heavy atom. The lowest BCUT2D eigenvalue weighted by Crippen LogP contribution is -2.28. The Kier molecular flexibility index (Phi) is 4.44. The van der Waals surface area contributed by atoms with Gasteiger partial charge in [-0.25, -0.2) is 9.97 Å². The highest BCUT2D eigenvalue weighted by Gasteiger charge is 2.20. The predicted molar refractivity (Wildman–Crippen MR) is 98.9 cm³/mol. The van der Waals surface area contributed by atoms with Crippen molar-refractivity contribution in [3.8, 4) is 0 Å². The molecule has 0 unspecified atom stereocenters. The maximum Gasteiger partial charge on any atom is 0.255 e. The molecule has 3 aromatic rings. The van der Waals surface area contributed by atoms with Crippen LogP contribution in [0.1, 0.15) is 47.6 Å². The van der Waals surface area contributed by atoms with Crippen molar-refractivity contribution in [3.63, 3.8) is 0 Å². The van der Waals surface area contributed by atoms with E-state index in [-0.39, 0.29) is 5.91 Å². The lowest BCUT2D eigenvalue weighted by molar-refractivity contribution is 0.0796. The van der Waals surface area contributed by atoms with E-state index in [0.717, 1.165) is 23.1 Å². The minimum atomic E-state index is -0.0290. The minimum Gasteiger partial charge on any atom is -0.341 e. The molecular weight excluding hydrogens is 328 g/mol. The van der Waals surface area contributed by atoms with E-state index in [1.165, 1.54) is 25.7 Å². The van der Waals surface area contributed by atoms with Crippen LogP contribution in [0.5, 0.6) is 0 Å². The van der Waals surface area contributed by atoms with Gasteiger partial charge in [0.1, 0.15) is 5.52 Å². The van der Waals surface area contributed by atoms with Crippen molar-refractivity contribution in [1.29, 1.82) is 0 Å². The van der Waals surface area contributed by atoms with Crippen LogP contribution in [0.25, 0.3) is 11.2 Å². The van der Waals surface area contributed by atoms with Crippen LogP contribution >= 0.6 is 0 Å². The number of pyridine rings is 1. The molecule has 1 fully saturated rings. The van der Waals surface area contributed by atoms with Gasteiger partial charge < -0.3 is 9.47 Å². The molecule has 1 aliphatic carbocycles. The molecule has 3 aromatic heterocycles. The zero-order chi connectivity index (χ0) is 18.1. The number of rotatable bonds is 5. The van der Waals surface area contributed by atoms with Crippen LogP contribution in [0, 0.1) is 0 Å². The number of amides is 1. The Morgan fingerprint density at radius 3 is 2.81 bits per heavy atom. The molecule has 3 heterocycles. The minimum absolute atomic E-state index is 0.0290. The molecule has 1 saturated carbocycles. The number of nitrogens with zero attached hydrogens (tertiary/aromatic N) is 6. The maximum absolute atomic E-state index is 12.7. The molecule has 0 atom stereocenters. The van der Waals surface area contributed by atoms with Crippen LogP contribution < -0.4 is 0 Å². The van der Waals surface area contributed by atoms with E-state index in [4.69, 9.17) is 0 Å². The first kappa shape index (κ1) is 16.8. The predicted octanol–water partition coefficient (Wildman–Crippen LogP) is 2.59. The van der Waals surface area contributed by atoms with Gasteiger partial charge in [-0.1, -0.05) is 12.8 Å². The fourth-order valence-electron chi connectivity index (χ4n) is 3.71. The SMILES string of the molecule is CN(CCc1cnn(C)c1)C(=O)c1cnc2c(c1)ncn2C1CCCC1. The summed E-state index contributed by atoms with van der Waals surface area (Å²) in [4.78, 5) is 23.5.